The number of ether oxygens (including phenoxy) is 1. The number of benzene rings is 2. The molecule has 2 aromatic heterocycles. The highest BCUT2D eigenvalue weighted by Gasteiger charge is 2.34. The van der Waals surface area contributed by atoms with Crippen molar-refractivity contribution in [3.63, 3.8) is 0 Å². The first-order chi connectivity index (χ1) is 17.2. The molecular formula is C26H24F4N4O2. The normalized spacial score (nSPS) is 16.2. The second-order valence-electron chi connectivity index (χ2n) is 8.88. The van der Waals surface area contributed by atoms with E-state index in [0.29, 0.717) is 42.0 Å². The predicted octanol–water partition coefficient (Wildman–Crippen LogP) is 5.17. The van der Waals surface area contributed by atoms with Gasteiger partial charge in [-0.2, -0.15) is 17.6 Å². The van der Waals surface area contributed by atoms with Gasteiger partial charge in [-0.1, -0.05) is 24.3 Å². The maximum atomic E-state index is 14.5. The van der Waals surface area contributed by atoms with E-state index >= 15 is 0 Å². The molecule has 0 radical (unpaired) electrons. The Balaban J connectivity index is 1.61. The second kappa shape index (κ2) is 9.00. The number of hydrogen-bond donors (Lipinski definition) is 0. The molecule has 1 atom stereocenters. The molecule has 2 aromatic carbocycles. The van der Waals surface area contributed by atoms with E-state index < -0.39 is 23.4 Å². The van der Waals surface area contributed by atoms with Crippen molar-refractivity contribution in [1.29, 1.82) is 0 Å². The first-order valence-electron chi connectivity index (χ1n) is 11.5. The fraction of sp³-hybridized carbons (Fsp3) is 0.308. The molecule has 6 nitrogen and oxygen atoms in total. The lowest BCUT2D eigenvalue weighted by atomic mass is 10.1. The van der Waals surface area contributed by atoms with Gasteiger partial charge in [-0.25, -0.2) is 9.78 Å². The number of rotatable bonds is 5. The van der Waals surface area contributed by atoms with E-state index in [2.05, 4.69) is 4.98 Å². The lowest BCUT2D eigenvalue weighted by Crippen LogP contribution is -2.30. The van der Waals surface area contributed by atoms with Crippen LogP contribution in [0, 0.1) is 12.9 Å². The largest absolute Gasteiger partial charge is 0.494 e. The molecule has 0 bridgehead atoms. The summed E-state index contributed by atoms with van der Waals surface area (Å²) >= 11 is 0. The van der Waals surface area contributed by atoms with Gasteiger partial charge in [-0.15, -0.1) is 0 Å². The van der Waals surface area contributed by atoms with Gasteiger partial charge in [-0.05, 0) is 48.7 Å². The maximum absolute atomic E-state index is 14.5. The SMILES string of the molecule is COc1cccc2c1n(Cc1ccccc1C(F)(F)F)c(=O)n2C1CCN(c2c(C)ccnc2F)C1. The van der Waals surface area contributed by atoms with Crippen LogP contribution >= 0.6 is 0 Å². The highest BCUT2D eigenvalue weighted by atomic mass is 19.4. The van der Waals surface area contributed by atoms with Crippen LogP contribution in [0.3, 0.4) is 0 Å². The number of aryl methyl sites for hydroxylation is 1. The minimum Gasteiger partial charge on any atom is -0.494 e. The van der Waals surface area contributed by atoms with Crippen LogP contribution in [0.2, 0.25) is 0 Å². The summed E-state index contributed by atoms with van der Waals surface area (Å²) in [5.74, 6) is -0.187. The number of hydrogen-bond acceptors (Lipinski definition) is 4. The first-order valence-corrected chi connectivity index (χ1v) is 11.5. The molecule has 188 valence electrons. The molecule has 36 heavy (non-hydrogen) atoms. The third-order valence-electron chi connectivity index (χ3n) is 6.74. The first kappa shape index (κ1) is 23.9. The van der Waals surface area contributed by atoms with E-state index in [4.69, 9.17) is 4.74 Å². The molecule has 0 spiro atoms. The van der Waals surface area contributed by atoms with Gasteiger partial charge in [0.25, 0.3) is 0 Å². The molecule has 1 aliphatic heterocycles. The van der Waals surface area contributed by atoms with Gasteiger partial charge in [-0.3, -0.25) is 9.13 Å². The summed E-state index contributed by atoms with van der Waals surface area (Å²) in [6.45, 7) is 2.40. The summed E-state index contributed by atoms with van der Waals surface area (Å²) < 4.78 is 63.9. The third kappa shape index (κ3) is 4.00. The highest BCUT2D eigenvalue weighted by Crippen LogP contribution is 2.35. The monoisotopic (exact) mass is 500 g/mol. The molecule has 10 heteroatoms. The number of halogens is 4. The van der Waals surface area contributed by atoms with Crippen LogP contribution < -0.4 is 15.3 Å². The summed E-state index contributed by atoms with van der Waals surface area (Å²) in [6, 6.07) is 11.8. The maximum Gasteiger partial charge on any atom is 0.416 e. The Labute approximate surface area is 204 Å². The molecule has 0 aliphatic carbocycles. The van der Waals surface area contributed by atoms with Gasteiger partial charge in [0, 0.05) is 19.3 Å². The van der Waals surface area contributed by atoms with Crippen molar-refractivity contribution in [2.45, 2.75) is 32.1 Å². The zero-order valence-electron chi connectivity index (χ0n) is 19.7. The summed E-state index contributed by atoms with van der Waals surface area (Å²) in [6.07, 6.45) is -2.59. The number of pyridine rings is 1. The second-order valence-corrected chi connectivity index (χ2v) is 8.88. The van der Waals surface area contributed by atoms with Crippen molar-refractivity contribution in [3.05, 3.63) is 87.9 Å². The molecule has 1 fully saturated rings. The van der Waals surface area contributed by atoms with Gasteiger partial charge in [0.05, 0.1) is 36.5 Å². The zero-order valence-corrected chi connectivity index (χ0v) is 19.7. The number of para-hydroxylation sites is 1. The highest BCUT2D eigenvalue weighted by molar-refractivity contribution is 5.83. The molecule has 0 amide bonds. The average molecular weight is 500 g/mol. The van der Waals surface area contributed by atoms with E-state index in [1.807, 2.05) is 4.90 Å². The van der Waals surface area contributed by atoms with E-state index in [1.54, 1.807) is 35.8 Å². The minimum atomic E-state index is -4.56. The number of methoxy groups -OCH3 is 1. The van der Waals surface area contributed by atoms with Crippen molar-refractivity contribution in [3.8, 4) is 5.75 Å². The fourth-order valence-corrected chi connectivity index (χ4v) is 5.13. The number of aromatic nitrogens is 3. The Hall–Kier alpha value is -3.82. The Morgan fingerprint density at radius 1 is 1.11 bits per heavy atom. The summed E-state index contributed by atoms with van der Waals surface area (Å²) in [5.41, 5.74) is 0.863. The smallest absolute Gasteiger partial charge is 0.416 e. The van der Waals surface area contributed by atoms with Gasteiger partial charge < -0.3 is 9.64 Å². The van der Waals surface area contributed by atoms with E-state index in [0.717, 1.165) is 11.6 Å². The average Bonchev–Trinajstić information content (AvgIpc) is 3.41. The molecular weight excluding hydrogens is 476 g/mol. The molecule has 4 aromatic rings. The van der Waals surface area contributed by atoms with Crippen molar-refractivity contribution < 1.29 is 22.3 Å². The number of nitrogens with zero attached hydrogens (tertiary/aromatic N) is 4. The van der Waals surface area contributed by atoms with Crippen LogP contribution in [0.15, 0.2) is 59.5 Å². The lowest BCUT2D eigenvalue weighted by Gasteiger charge is -2.21. The third-order valence-corrected chi connectivity index (χ3v) is 6.74. The Morgan fingerprint density at radius 3 is 2.61 bits per heavy atom. The van der Waals surface area contributed by atoms with Gasteiger partial charge in [0.15, 0.2) is 0 Å². The number of fused-ring (bicyclic) bond motifs is 1. The van der Waals surface area contributed by atoms with Crippen LogP contribution in [0.5, 0.6) is 5.75 Å². The fourth-order valence-electron chi connectivity index (χ4n) is 5.13. The standard InChI is InChI=1S/C26H24F4N4O2/c1-16-10-12-31-24(27)22(16)32-13-11-18(15-32)34-20-8-5-9-21(36-2)23(20)33(25(34)35)14-17-6-3-4-7-19(17)26(28,29)30/h3-10,12,18H,11,13-15H2,1-2H3. The van der Waals surface area contributed by atoms with E-state index in [1.165, 1.54) is 36.1 Å². The number of anilines is 1. The van der Waals surface area contributed by atoms with Crippen molar-refractivity contribution in [2.75, 3.05) is 25.1 Å². The summed E-state index contributed by atoms with van der Waals surface area (Å²) in [4.78, 5) is 19.4. The van der Waals surface area contributed by atoms with Gasteiger partial charge >= 0.3 is 11.9 Å². The van der Waals surface area contributed by atoms with Gasteiger partial charge in [0.2, 0.25) is 5.95 Å². The van der Waals surface area contributed by atoms with Crippen molar-refractivity contribution in [2.24, 2.45) is 0 Å². The molecule has 0 saturated carbocycles. The van der Waals surface area contributed by atoms with Crippen LogP contribution in [0.4, 0.5) is 23.2 Å². The van der Waals surface area contributed by atoms with E-state index in [9.17, 15) is 22.4 Å². The molecule has 1 saturated heterocycles. The number of alkyl halides is 3. The zero-order chi connectivity index (χ0) is 25.6. The lowest BCUT2D eigenvalue weighted by molar-refractivity contribution is -0.138. The quantitative estimate of drug-likeness (QED) is 0.280. The van der Waals surface area contributed by atoms with Crippen LogP contribution in [0.1, 0.15) is 29.2 Å². The van der Waals surface area contributed by atoms with Crippen LogP contribution in [-0.4, -0.2) is 34.3 Å². The Kier molecular flexibility index (Phi) is 5.97. The van der Waals surface area contributed by atoms with Crippen molar-refractivity contribution in [1.82, 2.24) is 14.1 Å². The predicted molar refractivity (Wildman–Crippen MR) is 128 cm³/mol. The minimum absolute atomic E-state index is 0.0156. The van der Waals surface area contributed by atoms with Crippen LogP contribution in [-0.2, 0) is 12.7 Å². The van der Waals surface area contributed by atoms with Gasteiger partial charge in [0.1, 0.15) is 11.3 Å². The summed E-state index contributed by atoms with van der Waals surface area (Å²) in [5, 5.41) is 0. The number of imidazole rings is 1. The topological polar surface area (TPSA) is 52.3 Å². The Bertz CT molecular complexity index is 1470. The molecule has 5 rings (SSSR count). The van der Waals surface area contributed by atoms with Crippen molar-refractivity contribution >= 4 is 16.7 Å². The molecule has 1 aliphatic rings. The molecule has 3 heterocycles. The summed E-state index contributed by atoms with van der Waals surface area (Å²) in [7, 11) is 1.45. The Morgan fingerprint density at radius 2 is 1.89 bits per heavy atom. The van der Waals surface area contributed by atoms with E-state index in [-0.39, 0.29) is 18.2 Å². The molecule has 1 unspecified atom stereocenters. The van der Waals surface area contributed by atoms with Crippen LogP contribution in [0.25, 0.3) is 11.0 Å². The molecule has 0 N–H and O–H groups in total.